The number of benzene rings is 1. The molecular formula is C10H11Li. The van der Waals surface area contributed by atoms with Gasteiger partial charge in [-0.25, -0.2) is 0 Å². The Morgan fingerprint density at radius 2 is 2.00 bits per heavy atom. The molecular weight excluding hydrogens is 127 g/mol. The molecule has 0 heterocycles. The number of fused-ring (bicyclic) bond motifs is 1. The molecule has 0 aliphatic heterocycles. The third kappa shape index (κ3) is 1.43. The van der Waals surface area contributed by atoms with Crippen LogP contribution in [0.3, 0.4) is 0 Å². The topological polar surface area (TPSA) is 0 Å². The maximum atomic E-state index is 2.24. The van der Waals surface area contributed by atoms with Crippen molar-refractivity contribution in [2.75, 3.05) is 0 Å². The summed E-state index contributed by atoms with van der Waals surface area (Å²) in [5, 5.41) is 0. The van der Waals surface area contributed by atoms with Crippen molar-refractivity contribution in [2.24, 2.45) is 0 Å². The van der Waals surface area contributed by atoms with Crippen molar-refractivity contribution in [3.63, 3.8) is 0 Å². The Hall–Kier alpha value is -0.443. The zero-order chi connectivity index (χ0) is 6.97. The van der Waals surface area contributed by atoms with Crippen molar-refractivity contribution >= 4 is 6.08 Å². The van der Waals surface area contributed by atoms with Crippen LogP contribution in [0.1, 0.15) is 25.4 Å². The first-order valence-electron chi connectivity index (χ1n) is 3.65. The van der Waals surface area contributed by atoms with Gasteiger partial charge in [0.1, 0.15) is 0 Å². The van der Waals surface area contributed by atoms with E-state index in [-0.39, 0.29) is 20.3 Å². The van der Waals surface area contributed by atoms with Crippen LogP contribution in [0.5, 0.6) is 0 Å². The van der Waals surface area contributed by atoms with Crippen molar-refractivity contribution < 1.29 is 20.3 Å². The molecule has 0 nitrogen and oxygen atoms in total. The maximum absolute atomic E-state index is 2.24. The first-order chi connectivity index (χ1) is 4.88. The quantitative estimate of drug-likeness (QED) is 0.440. The van der Waals surface area contributed by atoms with Crippen LogP contribution < -0.4 is 18.9 Å². The monoisotopic (exact) mass is 138 g/mol. The number of hydrogen-bond acceptors (Lipinski definition) is 0. The molecule has 0 saturated carbocycles. The fourth-order valence-corrected chi connectivity index (χ4v) is 1.43. The molecule has 1 aliphatic rings. The van der Waals surface area contributed by atoms with Crippen molar-refractivity contribution in [3.05, 3.63) is 41.5 Å². The van der Waals surface area contributed by atoms with E-state index in [9.17, 15) is 0 Å². The Morgan fingerprint density at radius 1 is 1.27 bits per heavy atom. The summed E-state index contributed by atoms with van der Waals surface area (Å²) in [6, 6.07) is 8.54. The largest absolute Gasteiger partial charge is 1.00 e. The van der Waals surface area contributed by atoms with Gasteiger partial charge in [0, 0.05) is 0 Å². The van der Waals surface area contributed by atoms with E-state index in [0.29, 0.717) is 5.92 Å². The van der Waals surface area contributed by atoms with Gasteiger partial charge in [-0.15, -0.1) is 0 Å². The predicted octanol–water partition coefficient (Wildman–Crippen LogP) is -0.0666. The van der Waals surface area contributed by atoms with Crippen LogP contribution in [0.2, 0.25) is 0 Å². The van der Waals surface area contributed by atoms with Crippen LogP contribution in [-0.2, 0) is 0 Å². The normalized spacial score (nSPS) is 19.2. The van der Waals surface area contributed by atoms with E-state index in [4.69, 9.17) is 0 Å². The summed E-state index contributed by atoms with van der Waals surface area (Å²) in [5.74, 6) is 0.621. The van der Waals surface area contributed by atoms with Crippen LogP contribution >= 0.6 is 0 Å². The summed E-state index contributed by atoms with van der Waals surface area (Å²) >= 11 is 0. The van der Waals surface area contributed by atoms with Gasteiger partial charge in [-0.2, -0.15) is 0 Å². The standard InChI is InChI=1S/C10H10.Li.H/c1-8-6-7-9-4-2-3-5-10(8)9;;/h2-8H,1H3;;/q;+1;-1. The zero-order valence-corrected chi connectivity index (χ0v) is 7.04. The number of hydrogen-bond donors (Lipinski definition) is 0. The van der Waals surface area contributed by atoms with Gasteiger partial charge in [0.25, 0.3) is 0 Å². The molecule has 0 saturated heterocycles. The summed E-state index contributed by atoms with van der Waals surface area (Å²) in [5.41, 5.74) is 2.84. The molecule has 1 atom stereocenters. The van der Waals surface area contributed by atoms with Gasteiger partial charge in [-0.05, 0) is 17.0 Å². The second-order valence-electron chi connectivity index (χ2n) is 2.78. The van der Waals surface area contributed by atoms with Gasteiger partial charge in [0.05, 0.1) is 0 Å². The fraction of sp³-hybridized carbons (Fsp3) is 0.200. The smallest absolute Gasteiger partial charge is 1.00 e. The first-order valence-corrected chi connectivity index (χ1v) is 3.65. The second-order valence-corrected chi connectivity index (χ2v) is 2.78. The minimum atomic E-state index is 0. The Kier molecular flexibility index (Phi) is 2.60. The molecule has 1 aliphatic carbocycles. The van der Waals surface area contributed by atoms with Crippen LogP contribution in [0.25, 0.3) is 6.08 Å². The van der Waals surface area contributed by atoms with Gasteiger partial charge in [0.2, 0.25) is 0 Å². The van der Waals surface area contributed by atoms with E-state index in [0.717, 1.165) is 0 Å². The van der Waals surface area contributed by atoms with Crippen LogP contribution in [0, 0.1) is 0 Å². The fourth-order valence-electron chi connectivity index (χ4n) is 1.43. The molecule has 0 radical (unpaired) electrons. The third-order valence-electron chi connectivity index (χ3n) is 2.05. The molecule has 1 aromatic carbocycles. The van der Waals surface area contributed by atoms with Gasteiger partial charge < -0.3 is 1.43 Å². The third-order valence-corrected chi connectivity index (χ3v) is 2.05. The van der Waals surface area contributed by atoms with Crippen molar-refractivity contribution in [2.45, 2.75) is 12.8 Å². The zero-order valence-electron chi connectivity index (χ0n) is 8.04. The van der Waals surface area contributed by atoms with E-state index in [1.54, 1.807) is 0 Å². The number of rotatable bonds is 0. The molecule has 52 valence electrons. The Morgan fingerprint density at radius 3 is 2.73 bits per heavy atom. The molecule has 0 aromatic heterocycles. The average Bonchev–Trinajstić information content (AvgIpc) is 2.34. The molecule has 2 rings (SSSR count). The molecule has 1 aromatic rings. The minimum absolute atomic E-state index is 0. The van der Waals surface area contributed by atoms with Crippen LogP contribution in [0.15, 0.2) is 30.3 Å². The van der Waals surface area contributed by atoms with Crippen LogP contribution in [-0.4, -0.2) is 0 Å². The number of allylic oxidation sites excluding steroid dienone is 1. The molecule has 0 amide bonds. The van der Waals surface area contributed by atoms with E-state index in [1.165, 1.54) is 11.1 Å². The molecule has 0 spiro atoms. The van der Waals surface area contributed by atoms with Crippen molar-refractivity contribution in [1.29, 1.82) is 0 Å². The molecule has 0 N–H and O–H groups in total. The van der Waals surface area contributed by atoms with Crippen molar-refractivity contribution in [1.82, 2.24) is 0 Å². The molecule has 1 unspecified atom stereocenters. The Labute approximate surface area is 81.0 Å². The van der Waals surface area contributed by atoms with Gasteiger partial charge in [-0.1, -0.05) is 43.3 Å². The average molecular weight is 138 g/mol. The SMILES string of the molecule is CC1C=Cc2ccccc21.[H-].[Li+]. The van der Waals surface area contributed by atoms with Gasteiger partial charge in [-0.3, -0.25) is 0 Å². The van der Waals surface area contributed by atoms with E-state index in [1.807, 2.05) is 0 Å². The summed E-state index contributed by atoms with van der Waals surface area (Å²) in [7, 11) is 0. The van der Waals surface area contributed by atoms with E-state index in [2.05, 4.69) is 43.3 Å². The summed E-state index contributed by atoms with van der Waals surface area (Å²) < 4.78 is 0. The molecule has 11 heavy (non-hydrogen) atoms. The Balaban J connectivity index is 0.000000605. The maximum Gasteiger partial charge on any atom is 1.00 e. The minimum Gasteiger partial charge on any atom is -1.00 e. The van der Waals surface area contributed by atoms with Crippen LogP contribution in [0.4, 0.5) is 0 Å². The van der Waals surface area contributed by atoms with E-state index < -0.39 is 0 Å². The van der Waals surface area contributed by atoms with E-state index >= 15 is 0 Å². The summed E-state index contributed by atoms with van der Waals surface area (Å²) in [6.45, 7) is 2.22. The van der Waals surface area contributed by atoms with Crippen molar-refractivity contribution in [3.8, 4) is 0 Å². The Bertz CT molecular complexity index is 281. The second kappa shape index (κ2) is 3.30. The predicted molar refractivity (Wildman–Crippen MR) is 45.0 cm³/mol. The van der Waals surface area contributed by atoms with Gasteiger partial charge in [0.15, 0.2) is 0 Å². The van der Waals surface area contributed by atoms with Gasteiger partial charge >= 0.3 is 18.9 Å². The summed E-state index contributed by atoms with van der Waals surface area (Å²) in [6.07, 6.45) is 4.44. The first kappa shape index (κ1) is 8.65. The molecule has 1 heteroatoms. The molecule has 0 fully saturated rings. The summed E-state index contributed by atoms with van der Waals surface area (Å²) in [4.78, 5) is 0. The molecule has 0 bridgehead atoms.